The Hall–Kier alpha value is -2.28. The first-order valence-electron chi connectivity index (χ1n) is 8.73. The number of nitrogens with zero attached hydrogens (tertiary/aromatic N) is 7. The van der Waals surface area contributed by atoms with E-state index in [0.717, 1.165) is 31.3 Å². The van der Waals surface area contributed by atoms with Gasteiger partial charge in [0.1, 0.15) is 5.69 Å². The molecule has 28 heavy (non-hydrogen) atoms. The van der Waals surface area contributed by atoms with Crippen LogP contribution in [0.4, 0.5) is 5.13 Å². The minimum atomic E-state index is 0. The minimum absolute atomic E-state index is 0. The van der Waals surface area contributed by atoms with Gasteiger partial charge in [-0.25, -0.2) is 4.98 Å². The van der Waals surface area contributed by atoms with Crippen LogP contribution in [0.15, 0.2) is 45.5 Å². The molecule has 0 saturated carbocycles. The lowest BCUT2D eigenvalue weighted by Crippen LogP contribution is -2.51. The summed E-state index contributed by atoms with van der Waals surface area (Å²) in [6.07, 6.45) is 4.09. The highest BCUT2D eigenvalue weighted by molar-refractivity contribution is 14.0. The normalized spacial score (nSPS) is 14.8. The SMILES string of the molecule is I.NC(=NCCc1noc(-c2ccccn2)n1)N1CCN(c2nccs2)CC1. The number of anilines is 1. The van der Waals surface area contributed by atoms with Crippen LogP contribution in [0.5, 0.6) is 0 Å². The van der Waals surface area contributed by atoms with E-state index < -0.39 is 0 Å². The Labute approximate surface area is 183 Å². The summed E-state index contributed by atoms with van der Waals surface area (Å²) in [5, 5.41) is 7.03. The summed E-state index contributed by atoms with van der Waals surface area (Å²) in [5.74, 6) is 1.57. The molecule has 0 amide bonds. The van der Waals surface area contributed by atoms with Gasteiger partial charge in [-0.05, 0) is 12.1 Å². The van der Waals surface area contributed by atoms with Crippen LogP contribution in [-0.4, -0.2) is 63.7 Å². The van der Waals surface area contributed by atoms with Gasteiger partial charge < -0.3 is 20.1 Å². The number of aromatic nitrogens is 4. The molecule has 3 aromatic heterocycles. The molecule has 0 spiro atoms. The third kappa shape index (κ3) is 4.95. The minimum Gasteiger partial charge on any atom is -0.370 e. The Morgan fingerprint density at radius 2 is 2.04 bits per heavy atom. The van der Waals surface area contributed by atoms with Crippen LogP contribution in [0.3, 0.4) is 0 Å². The molecule has 1 aliphatic rings. The number of pyridine rings is 1. The van der Waals surface area contributed by atoms with E-state index in [1.54, 1.807) is 17.5 Å². The van der Waals surface area contributed by atoms with Crippen LogP contribution >= 0.6 is 35.3 Å². The fourth-order valence-electron chi connectivity index (χ4n) is 2.82. The second-order valence-corrected chi connectivity index (χ2v) is 6.88. The number of hydrogen-bond donors (Lipinski definition) is 1. The van der Waals surface area contributed by atoms with E-state index in [0.29, 0.717) is 36.3 Å². The van der Waals surface area contributed by atoms with Gasteiger partial charge in [-0.1, -0.05) is 11.2 Å². The molecule has 0 aliphatic carbocycles. The Kier molecular flexibility index (Phi) is 7.14. The summed E-state index contributed by atoms with van der Waals surface area (Å²) in [4.78, 5) is 21.7. The summed E-state index contributed by atoms with van der Waals surface area (Å²) in [5.41, 5.74) is 6.81. The molecule has 0 radical (unpaired) electrons. The second kappa shape index (κ2) is 9.78. The zero-order valence-corrected chi connectivity index (χ0v) is 18.3. The van der Waals surface area contributed by atoms with Gasteiger partial charge in [-0.3, -0.25) is 9.98 Å². The van der Waals surface area contributed by atoms with Gasteiger partial charge in [0.05, 0.1) is 0 Å². The zero-order valence-electron chi connectivity index (χ0n) is 15.1. The van der Waals surface area contributed by atoms with E-state index in [-0.39, 0.29) is 24.0 Å². The molecule has 9 nitrogen and oxygen atoms in total. The number of aliphatic imine (C=N–C) groups is 1. The molecule has 4 heterocycles. The van der Waals surface area contributed by atoms with Crippen molar-refractivity contribution < 1.29 is 4.52 Å². The lowest BCUT2D eigenvalue weighted by atomic mass is 10.3. The zero-order chi connectivity index (χ0) is 18.5. The van der Waals surface area contributed by atoms with Gasteiger partial charge in [-0.2, -0.15) is 4.98 Å². The van der Waals surface area contributed by atoms with Crippen LogP contribution < -0.4 is 10.6 Å². The average Bonchev–Trinajstić information content (AvgIpc) is 3.41. The van der Waals surface area contributed by atoms with E-state index in [1.165, 1.54) is 0 Å². The van der Waals surface area contributed by atoms with Crippen molar-refractivity contribution in [2.75, 3.05) is 37.6 Å². The number of piperazine rings is 1. The standard InChI is InChI=1S/C17H20N8OS.HI/c18-16(24-8-10-25(11-9-24)17-21-7-12-27-17)20-6-4-14-22-15(26-23-14)13-3-1-2-5-19-13;/h1-3,5,7,12H,4,6,8-11H2,(H2,18,20);1H. The first kappa shape index (κ1) is 20.5. The van der Waals surface area contributed by atoms with Gasteiger partial charge in [0.2, 0.25) is 0 Å². The molecule has 1 saturated heterocycles. The van der Waals surface area contributed by atoms with Crippen molar-refractivity contribution in [3.63, 3.8) is 0 Å². The number of nitrogens with two attached hydrogens (primary N) is 1. The predicted molar refractivity (Wildman–Crippen MR) is 119 cm³/mol. The quantitative estimate of drug-likeness (QED) is 0.314. The Morgan fingerprint density at radius 3 is 2.75 bits per heavy atom. The lowest BCUT2D eigenvalue weighted by Gasteiger charge is -2.35. The molecule has 0 unspecified atom stereocenters. The maximum atomic E-state index is 6.14. The number of guanidine groups is 1. The van der Waals surface area contributed by atoms with E-state index in [1.807, 2.05) is 29.8 Å². The maximum Gasteiger partial charge on any atom is 0.276 e. The fourth-order valence-corrected chi connectivity index (χ4v) is 3.51. The highest BCUT2D eigenvalue weighted by Crippen LogP contribution is 2.18. The highest BCUT2D eigenvalue weighted by atomic mass is 127. The number of halogens is 1. The fraction of sp³-hybridized carbons (Fsp3) is 0.353. The van der Waals surface area contributed by atoms with Crippen LogP contribution in [0, 0.1) is 0 Å². The molecular weight excluding hydrogens is 491 g/mol. The summed E-state index contributed by atoms with van der Waals surface area (Å²) in [7, 11) is 0. The van der Waals surface area contributed by atoms with Crippen molar-refractivity contribution in [1.82, 2.24) is 25.0 Å². The average molecular weight is 512 g/mol. The first-order chi connectivity index (χ1) is 13.3. The van der Waals surface area contributed by atoms with E-state index >= 15 is 0 Å². The summed E-state index contributed by atoms with van der Waals surface area (Å²) >= 11 is 1.66. The Balaban J connectivity index is 0.00000225. The van der Waals surface area contributed by atoms with Crippen molar-refractivity contribution >= 4 is 46.4 Å². The monoisotopic (exact) mass is 512 g/mol. The maximum absolute atomic E-state index is 6.14. The topological polar surface area (TPSA) is 110 Å². The van der Waals surface area contributed by atoms with Crippen LogP contribution in [-0.2, 0) is 6.42 Å². The molecule has 2 N–H and O–H groups in total. The molecule has 3 aromatic rings. The lowest BCUT2D eigenvalue weighted by molar-refractivity contribution is 0.380. The Morgan fingerprint density at radius 1 is 1.18 bits per heavy atom. The van der Waals surface area contributed by atoms with Crippen molar-refractivity contribution in [3.05, 3.63) is 41.8 Å². The van der Waals surface area contributed by atoms with E-state index in [4.69, 9.17) is 10.3 Å². The molecular formula is C17H21IN8OS. The van der Waals surface area contributed by atoms with Crippen LogP contribution in [0.25, 0.3) is 11.6 Å². The number of rotatable bonds is 5. The predicted octanol–water partition coefficient (Wildman–Crippen LogP) is 1.89. The van der Waals surface area contributed by atoms with Gasteiger partial charge in [0.15, 0.2) is 16.9 Å². The number of hydrogen-bond acceptors (Lipinski definition) is 8. The second-order valence-electron chi connectivity index (χ2n) is 6.01. The van der Waals surface area contributed by atoms with Crippen molar-refractivity contribution in [1.29, 1.82) is 0 Å². The molecule has 1 aliphatic heterocycles. The van der Waals surface area contributed by atoms with Crippen LogP contribution in [0.2, 0.25) is 0 Å². The van der Waals surface area contributed by atoms with Crippen molar-refractivity contribution in [2.24, 2.45) is 10.7 Å². The van der Waals surface area contributed by atoms with Gasteiger partial charge >= 0.3 is 0 Å². The van der Waals surface area contributed by atoms with Gasteiger partial charge in [0.25, 0.3) is 5.89 Å². The molecule has 148 valence electrons. The highest BCUT2D eigenvalue weighted by Gasteiger charge is 2.19. The number of thiazole rings is 1. The first-order valence-corrected chi connectivity index (χ1v) is 9.61. The van der Waals surface area contributed by atoms with Crippen LogP contribution in [0.1, 0.15) is 5.82 Å². The molecule has 1 fully saturated rings. The van der Waals surface area contributed by atoms with Gasteiger partial charge in [0, 0.05) is 56.9 Å². The molecule has 0 atom stereocenters. The molecule has 4 rings (SSSR count). The summed E-state index contributed by atoms with van der Waals surface area (Å²) in [6, 6.07) is 5.55. The molecule has 0 bridgehead atoms. The van der Waals surface area contributed by atoms with Crippen molar-refractivity contribution in [2.45, 2.75) is 6.42 Å². The summed E-state index contributed by atoms with van der Waals surface area (Å²) < 4.78 is 5.25. The Bertz CT molecular complexity index is 878. The smallest absolute Gasteiger partial charge is 0.276 e. The molecule has 11 heteroatoms. The third-order valence-electron chi connectivity index (χ3n) is 4.25. The largest absolute Gasteiger partial charge is 0.370 e. The van der Waals surface area contributed by atoms with E-state index in [2.05, 4.69) is 34.9 Å². The van der Waals surface area contributed by atoms with Crippen molar-refractivity contribution in [3.8, 4) is 11.6 Å². The summed E-state index contributed by atoms with van der Waals surface area (Å²) in [6.45, 7) is 3.96. The van der Waals surface area contributed by atoms with Gasteiger partial charge in [-0.15, -0.1) is 35.3 Å². The molecule has 0 aromatic carbocycles. The van der Waals surface area contributed by atoms with E-state index in [9.17, 15) is 0 Å². The third-order valence-corrected chi connectivity index (χ3v) is 5.09.